The summed E-state index contributed by atoms with van der Waals surface area (Å²) >= 11 is 0. The number of fused-ring (bicyclic) bond motifs is 1. The van der Waals surface area contributed by atoms with Crippen molar-refractivity contribution < 1.29 is 18.7 Å². The largest absolute Gasteiger partial charge is 0.451 e. The van der Waals surface area contributed by atoms with Gasteiger partial charge in [0.15, 0.2) is 5.76 Å². The van der Waals surface area contributed by atoms with E-state index in [1.807, 2.05) is 0 Å². The predicted octanol–water partition coefficient (Wildman–Crippen LogP) is 2.07. The summed E-state index contributed by atoms with van der Waals surface area (Å²) in [4.78, 5) is 11.9. The van der Waals surface area contributed by atoms with Crippen molar-refractivity contribution in [3.63, 3.8) is 0 Å². The molecule has 0 aliphatic heterocycles. The number of carbonyl (C=O) groups is 1. The first kappa shape index (κ1) is 12.6. The number of furan rings is 1. The molecule has 0 aliphatic rings. The minimum atomic E-state index is -0.735. The van der Waals surface area contributed by atoms with Gasteiger partial charge in [-0.15, -0.1) is 0 Å². The summed E-state index contributed by atoms with van der Waals surface area (Å²) < 4.78 is 18.3. The maximum Gasteiger partial charge on any atom is 0.287 e. The zero-order valence-corrected chi connectivity index (χ0v) is 10.2. The van der Waals surface area contributed by atoms with Gasteiger partial charge in [0.25, 0.3) is 5.91 Å². The van der Waals surface area contributed by atoms with Crippen LogP contribution in [-0.4, -0.2) is 23.2 Å². The number of hydrogen-bond donors (Lipinski definition) is 2. The van der Waals surface area contributed by atoms with Crippen LogP contribution in [-0.2, 0) is 0 Å². The van der Waals surface area contributed by atoms with Crippen LogP contribution >= 0.6 is 0 Å². The molecular formula is C13H14FNO3. The zero-order chi connectivity index (χ0) is 13.3. The first-order valence-electron chi connectivity index (χ1n) is 5.54. The van der Waals surface area contributed by atoms with Crippen LogP contribution in [0.25, 0.3) is 11.0 Å². The Bertz CT molecular complexity index is 589. The van der Waals surface area contributed by atoms with Crippen LogP contribution in [0.1, 0.15) is 24.4 Å². The third kappa shape index (κ3) is 2.51. The smallest absolute Gasteiger partial charge is 0.287 e. The molecule has 1 aromatic heterocycles. The highest BCUT2D eigenvalue weighted by molar-refractivity contribution is 5.96. The Kier molecular flexibility index (Phi) is 3.09. The second-order valence-electron chi connectivity index (χ2n) is 4.79. The van der Waals surface area contributed by atoms with Gasteiger partial charge < -0.3 is 14.8 Å². The summed E-state index contributed by atoms with van der Waals surface area (Å²) in [5.41, 5.74) is -0.287. The third-order valence-corrected chi connectivity index (χ3v) is 2.55. The van der Waals surface area contributed by atoms with Crippen molar-refractivity contribution in [1.82, 2.24) is 5.32 Å². The van der Waals surface area contributed by atoms with E-state index >= 15 is 0 Å². The van der Waals surface area contributed by atoms with Gasteiger partial charge in [-0.25, -0.2) is 4.39 Å². The molecule has 2 aromatic rings. The molecule has 2 rings (SSSR count). The summed E-state index contributed by atoms with van der Waals surface area (Å²) in [5, 5.41) is 12.2. The monoisotopic (exact) mass is 251 g/mol. The lowest BCUT2D eigenvalue weighted by atomic mass is 10.1. The highest BCUT2D eigenvalue weighted by Crippen LogP contribution is 2.20. The van der Waals surface area contributed by atoms with Gasteiger partial charge in [-0.1, -0.05) is 0 Å². The predicted molar refractivity (Wildman–Crippen MR) is 64.8 cm³/mol. The van der Waals surface area contributed by atoms with Crippen molar-refractivity contribution in [2.75, 3.05) is 6.61 Å². The molecule has 96 valence electrons. The molecule has 1 aromatic carbocycles. The van der Waals surface area contributed by atoms with Gasteiger partial charge >= 0.3 is 0 Å². The molecule has 0 bridgehead atoms. The molecule has 18 heavy (non-hydrogen) atoms. The Morgan fingerprint density at radius 1 is 1.44 bits per heavy atom. The maximum absolute atomic E-state index is 13.0. The van der Waals surface area contributed by atoms with Crippen molar-refractivity contribution in [3.05, 3.63) is 35.8 Å². The standard InChI is InChI=1S/C13H14FNO3/c1-13(2,7-16)15-12(17)11-6-8-5-9(14)3-4-10(8)18-11/h3-6,16H,7H2,1-2H3,(H,15,17). The van der Waals surface area contributed by atoms with Gasteiger partial charge in [0.1, 0.15) is 11.4 Å². The van der Waals surface area contributed by atoms with E-state index in [0.717, 1.165) is 0 Å². The number of aliphatic hydroxyl groups excluding tert-OH is 1. The molecule has 0 spiro atoms. The van der Waals surface area contributed by atoms with E-state index < -0.39 is 11.4 Å². The molecule has 1 amide bonds. The Labute approximate surface area is 103 Å². The number of amides is 1. The van der Waals surface area contributed by atoms with Crippen LogP contribution in [0.15, 0.2) is 28.7 Å². The van der Waals surface area contributed by atoms with E-state index in [1.165, 1.54) is 24.3 Å². The topological polar surface area (TPSA) is 62.5 Å². The van der Waals surface area contributed by atoms with Gasteiger partial charge in [-0.2, -0.15) is 0 Å². The van der Waals surface area contributed by atoms with E-state index in [0.29, 0.717) is 11.0 Å². The summed E-state index contributed by atoms with van der Waals surface area (Å²) in [6.07, 6.45) is 0. The summed E-state index contributed by atoms with van der Waals surface area (Å²) in [5.74, 6) is -0.728. The van der Waals surface area contributed by atoms with E-state index in [1.54, 1.807) is 13.8 Å². The van der Waals surface area contributed by atoms with Gasteiger partial charge in [0, 0.05) is 5.39 Å². The minimum Gasteiger partial charge on any atom is -0.451 e. The van der Waals surface area contributed by atoms with Gasteiger partial charge in [0.05, 0.1) is 12.1 Å². The fourth-order valence-corrected chi connectivity index (χ4v) is 1.53. The number of carbonyl (C=O) groups excluding carboxylic acids is 1. The fourth-order valence-electron chi connectivity index (χ4n) is 1.53. The minimum absolute atomic E-state index is 0.0946. The Hall–Kier alpha value is -1.88. The highest BCUT2D eigenvalue weighted by Gasteiger charge is 2.22. The molecule has 0 aliphatic carbocycles. The van der Waals surface area contributed by atoms with Crippen molar-refractivity contribution in [2.45, 2.75) is 19.4 Å². The van der Waals surface area contributed by atoms with Crippen LogP contribution < -0.4 is 5.32 Å². The van der Waals surface area contributed by atoms with Crippen LogP contribution in [0, 0.1) is 5.82 Å². The molecule has 0 atom stereocenters. The van der Waals surface area contributed by atoms with Crippen LogP contribution in [0.5, 0.6) is 0 Å². The van der Waals surface area contributed by atoms with Crippen molar-refractivity contribution in [2.24, 2.45) is 0 Å². The summed E-state index contributed by atoms with van der Waals surface area (Å²) in [7, 11) is 0. The molecule has 0 saturated carbocycles. The van der Waals surface area contributed by atoms with E-state index in [2.05, 4.69) is 5.32 Å². The average molecular weight is 251 g/mol. The number of hydrogen-bond acceptors (Lipinski definition) is 3. The Morgan fingerprint density at radius 3 is 2.83 bits per heavy atom. The number of benzene rings is 1. The Morgan fingerprint density at radius 2 is 2.17 bits per heavy atom. The van der Waals surface area contributed by atoms with Gasteiger partial charge in [-0.05, 0) is 38.1 Å². The average Bonchev–Trinajstić information content (AvgIpc) is 2.71. The van der Waals surface area contributed by atoms with Crippen LogP contribution in [0.2, 0.25) is 0 Å². The van der Waals surface area contributed by atoms with Gasteiger partial charge in [-0.3, -0.25) is 4.79 Å². The molecule has 4 nitrogen and oxygen atoms in total. The lowest BCUT2D eigenvalue weighted by Crippen LogP contribution is -2.46. The van der Waals surface area contributed by atoms with E-state index in [4.69, 9.17) is 9.52 Å². The number of rotatable bonds is 3. The zero-order valence-electron chi connectivity index (χ0n) is 10.2. The normalized spacial score (nSPS) is 11.8. The Balaban J connectivity index is 2.28. The van der Waals surface area contributed by atoms with E-state index in [9.17, 15) is 9.18 Å². The maximum atomic E-state index is 13.0. The summed E-state index contributed by atoms with van der Waals surface area (Å²) in [6, 6.07) is 5.51. The van der Waals surface area contributed by atoms with E-state index in [-0.39, 0.29) is 18.2 Å². The summed E-state index contributed by atoms with van der Waals surface area (Å²) in [6.45, 7) is 3.19. The second kappa shape index (κ2) is 4.42. The number of halogens is 1. The van der Waals surface area contributed by atoms with Gasteiger partial charge in [0.2, 0.25) is 0 Å². The van der Waals surface area contributed by atoms with Crippen molar-refractivity contribution in [1.29, 1.82) is 0 Å². The quantitative estimate of drug-likeness (QED) is 0.877. The molecule has 5 heteroatoms. The van der Waals surface area contributed by atoms with Crippen molar-refractivity contribution >= 4 is 16.9 Å². The lowest BCUT2D eigenvalue weighted by molar-refractivity contribution is 0.0843. The number of nitrogens with one attached hydrogen (secondary N) is 1. The molecule has 1 heterocycles. The lowest BCUT2D eigenvalue weighted by Gasteiger charge is -2.22. The van der Waals surface area contributed by atoms with Crippen LogP contribution in [0.3, 0.4) is 0 Å². The molecule has 0 saturated heterocycles. The van der Waals surface area contributed by atoms with Crippen molar-refractivity contribution in [3.8, 4) is 0 Å². The SMILES string of the molecule is CC(C)(CO)NC(=O)c1cc2cc(F)ccc2o1. The molecule has 0 fully saturated rings. The second-order valence-corrected chi connectivity index (χ2v) is 4.79. The van der Waals surface area contributed by atoms with Crippen LogP contribution in [0.4, 0.5) is 4.39 Å². The first-order chi connectivity index (χ1) is 8.41. The highest BCUT2D eigenvalue weighted by atomic mass is 19.1. The first-order valence-corrected chi connectivity index (χ1v) is 5.54. The molecule has 2 N–H and O–H groups in total. The fraction of sp³-hybridized carbons (Fsp3) is 0.308. The molecular weight excluding hydrogens is 237 g/mol. The molecule has 0 unspecified atom stereocenters. The third-order valence-electron chi connectivity index (χ3n) is 2.55. The number of aliphatic hydroxyl groups is 1. The molecule has 0 radical (unpaired) electrons.